The molecule has 1 atom stereocenters. The van der Waals surface area contributed by atoms with E-state index in [2.05, 4.69) is 32.5 Å². The highest BCUT2D eigenvalue weighted by Crippen LogP contribution is 2.45. The first kappa shape index (κ1) is 19.3. The first-order chi connectivity index (χ1) is 15.2. The molecule has 0 bridgehead atoms. The van der Waals surface area contributed by atoms with Gasteiger partial charge in [0.05, 0.1) is 30.2 Å². The van der Waals surface area contributed by atoms with Crippen molar-refractivity contribution in [3.8, 4) is 22.9 Å². The molecule has 9 nitrogen and oxygen atoms in total. The Morgan fingerprint density at radius 2 is 2.13 bits per heavy atom. The zero-order valence-electron chi connectivity index (χ0n) is 17.4. The van der Waals surface area contributed by atoms with E-state index in [9.17, 15) is 0 Å². The average Bonchev–Trinajstić information content (AvgIpc) is 3.34. The Hall–Kier alpha value is -3.72. The van der Waals surface area contributed by atoms with Crippen molar-refractivity contribution in [1.29, 1.82) is 0 Å². The molecular formula is C22H23N7O2. The van der Waals surface area contributed by atoms with Crippen LogP contribution in [0, 0.1) is 0 Å². The summed E-state index contributed by atoms with van der Waals surface area (Å²) in [4.78, 5) is 20.7. The van der Waals surface area contributed by atoms with E-state index in [1.807, 2.05) is 25.2 Å². The van der Waals surface area contributed by atoms with E-state index in [-0.39, 0.29) is 12.1 Å². The van der Waals surface area contributed by atoms with E-state index >= 15 is 0 Å². The molecule has 1 aromatic carbocycles. The number of oxime groups is 1. The van der Waals surface area contributed by atoms with Crippen LogP contribution in [0.4, 0.5) is 11.5 Å². The number of anilines is 2. The Kier molecular flexibility index (Phi) is 4.87. The third-order valence-electron chi connectivity index (χ3n) is 5.55. The molecule has 158 valence electrons. The van der Waals surface area contributed by atoms with E-state index in [4.69, 9.17) is 25.3 Å². The number of fused-ring (bicyclic) bond motifs is 3. The summed E-state index contributed by atoms with van der Waals surface area (Å²) in [5.41, 5.74) is 12.4. The zero-order chi connectivity index (χ0) is 21.4. The smallest absolute Gasteiger partial charge is 0.324 e. The van der Waals surface area contributed by atoms with Crippen molar-refractivity contribution in [2.45, 2.75) is 12.5 Å². The van der Waals surface area contributed by atoms with Gasteiger partial charge in [-0.05, 0) is 29.3 Å². The summed E-state index contributed by atoms with van der Waals surface area (Å²) >= 11 is 0. The van der Waals surface area contributed by atoms with Gasteiger partial charge in [0.1, 0.15) is 18.7 Å². The second kappa shape index (κ2) is 7.84. The predicted molar refractivity (Wildman–Crippen MR) is 119 cm³/mol. The summed E-state index contributed by atoms with van der Waals surface area (Å²) in [6, 6.07) is 9.91. The molecule has 31 heavy (non-hydrogen) atoms. The first-order valence-corrected chi connectivity index (χ1v) is 10.1. The Morgan fingerprint density at radius 3 is 2.90 bits per heavy atom. The number of pyridine rings is 1. The maximum atomic E-state index is 6.29. The molecular weight excluding hydrogens is 394 g/mol. The molecule has 2 aromatic heterocycles. The van der Waals surface area contributed by atoms with Gasteiger partial charge in [0.2, 0.25) is 0 Å². The molecule has 5 rings (SSSR count). The van der Waals surface area contributed by atoms with Crippen LogP contribution in [-0.4, -0.2) is 54.0 Å². The minimum absolute atomic E-state index is 0.224. The number of nitrogens with two attached hydrogens (primary N) is 1. The molecule has 1 aliphatic heterocycles. The second-order valence-electron chi connectivity index (χ2n) is 7.45. The molecule has 0 radical (unpaired) electrons. The Balaban J connectivity index is 1.62. The number of nitrogens with zero attached hydrogens (tertiary/aromatic N) is 5. The van der Waals surface area contributed by atoms with Gasteiger partial charge in [-0.1, -0.05) is 17.3 Å². The SMILES string of the molecule is CNc1cccc2c1Cc1nc(Oc3cccnc3)nc(N3C/C(=N\OC)[C@@H](N)C3)c1-2. The summed E-state index contributed by atoms with van der Waals surface area (Å²) in [6.45, 7) is 1.12. The van der Waals surface area contributed by atoms with Crippen molar-refractivity contribution in [3.63, 3.8) is 0 Å². The second-order valence-corrected chi connectivity index (χ2v) is 7.45. The molecule has 0 saturated carbocycles. The van der Waals surface area contributed by atoms with E-state index in [1.54, 1.807) is 12.4 Å². The number of benzene rings is 1. The van der Waals surface area contributed by atoms with Gasteiger partial charge in [0.25, 0.3) is 0 Å². The highest BCUT2D eigenvalue weighted by atomic mass is 16.6. The lowest BCUT2D eigenvalue weighted by atomic mass is 10.1. The summed E-state index contributed by atoms with van der Waals surface area (Å²) < 4.78 is 5.95. The molecule has 3 N–H and O–H groups in total. The summed E-state index contributed by atoms with van der Waals surface area (Å²) in [6.07, 6.45) is 4.03. The van der Waals surface area contributed by atoms with Crippen molar-refractivity contribution in [2.75, 3.05) is 37.5 Å². The molecule has 0 unspecified atom stereocenters. The van der Waals surface area contributed by atoms with E-state index < -0.39 is 0 Å². The van der Waals surface area contributed by atoms with Gasteiger partial charge in [-0.15, -0.1) is 0 Å². The number of rotatable bonds is 5. The Bertz CT molecular complexity index is 1150. The van der Waals surface area contributed by atoms with E-state index in [0.29, 0.717) is 25.3 Å². The quantitative estimate of drug-likeness (QED) is 0.476. The lowest BCUT2D eigenvalue weighted by Gasteiger charge is -2.20. The van der Waals surface area contributed by atoms with Crippen molar-refractivity contribution < 1.29 is 9.57 Å². The van der Waals surface area contributed by atoms with Gasteiger partial charge in [-0.25, -0.2) is 0 Å². The number of hydrogen-bond acceptors (Lipinski definition) is 9. The van der Waals surface area contributed by atoms with Gasteiger partial charge in [-0.3, -0.25) is 4.98 Å². The fraction of sp³-hybridized carbons (Fsp3) is 0.273. The van der Waals surface area contributed by atoms with Crippen LogP contribution in [0.2, 0.25) is 0 Å². The van der Waals surface area contributed by atoms with Gasteiger partial charge >= 0.3 is 6.01 Å². The number of aromatic nitrogens is 3. The van der Waals surface area contributed by atoms with Gasteiger partial charge in [-0.2, -0.15) is 9.97 Å². The highest BCUT2D eigenvalue weighted by Gasteiger charge is 2.34. The standard InChI is InChI=1S/C22H23N7O2/c1-24-17-7-3-6-14-15(17)9-18-20(14)21(29-11-16(23)19(12-29)28-30-2)27-22(26-18)31-13-5-4-8-25-10-13/h3-8,10,16,24H,9,11-12,23H2,1-2H3/b28-19+/t16-/m0/s1. The summed E-state index contributed by atoms with van der Waals surface area (Å²) in [7, 11) is 3.45. The fourth-order valence-electron chi connectivity index (χ4n) is 4.17. The normalized spacial score (nSPS) is 18.1. The zero-order valence-corrected chi connectivity index (χ0v) is 17.4. The van der Waals surface area contributed by atoms with Crippen LogP contribution >= 0.6 is 0 Å². The highest BCUT2D eigenvalue weighted by molar-refractivity contribution is 5.98. The third kappa shape index (κ3) is 3.42. The number of ether oxygens (including phenoxy) is 1. The third-order valence-corrected chi connectivity index (χ3v) is 5.55. The van der Waals surface area contributed by atoms with Crippen LogP contribution in [0.1, 0.15) is 11.3 Å². The number of hydrogen-bond donors (Lipinski definition) is 2. The van der Waals surface area contributed by atoms with Crippen molar-refractivity contribution >= 4 is 17.2 Å². The fourth-order valence-corrected chi connectivity index (χ4v) is 4.17. The monoisotopic (exact) mass is 417 g/mol. The topological polar surface area (TPSA) is 111 Å². The lowest BCUT2D eigenvalue weighted by Crippen LogP contribution is -2.30. The minimum atomic E-state index is -0.224. The first-order valence-electron chi connectivity index (χ1n) is 10.1. The maximum absolute atomic E-state index is 6.29. The largest absolute Gasteiger partial charge is 0.423 e. The average molecular weight is 417 g/mol. The minimum Gasteiger partial charge on any atom is -0.423 e. The van der Waals surface area contributed by atoms with Crippen LogP contribution in [0.25, 0.3) is 11.1 Å². The molecule has 3 aromatic rings. The molecule has 2 aliphatic rings. The molecule has 1 aliphatic carbocycles. The van der Waals surface area contributed by atoms with Crippen molar-refractivity contribution in [2.24, 2.45) is 10.9 Å². The molecule has 3 heterocycles. The Morgan fingerprint density at radius 1 is 1.23 bits per heavy atom. The van der Waals surface area contributed by atoms with E-state index in [1.165, 1.54) is 12.7 Å². The van der Waals surface area contributed by atoms with Crippen LogP contribution in [0.15, 0.2) is 47.9 Å². The van der Waals surface area contributed by atoms with Crippen molar-refractivity contribution in [3.05, 3.63) is 54.0 Å². The molecule has 1 saturated heterocycles. The molecule has 1 fully saturated rings. The number of nitrogens with one attached hydrogen (secondary N) is 1. The Labute approximate surface area is 179 Å². The van der Waals surface area contributed by atoms with Crippen LogP contribution < -0.4 is 20.7 Å². The van der Waals surface area contributed by atoms with Crippen LogP contribution in [-0.2, 0) is 11.3 Å². The van der Waals surface area contributed by atoms with Gasteiger partial charge in [0.15, 0.2) is 0 Å². The predicted octanol–water partition coefficient (Wildman–Crippen LogP) is 2.43. The van der Waals surface area contributed by atoms with Crippen molar-refractivity contribution in [1.82, 2.24) is 15.0 Å². The van der Waals surface area contributed by atoms with E-state index in [0.717, 1.165) is 34.0 Å². The molecule has 0 amide bonds. The summed E-state index contributed by atoms with van der Waals surface area (Å²) in [5, 5.41) is 7.37. The van der Waals surface area contributed by atoms with Crippen LogP contribution in [0.3, 0.4) is 0 Å². The maximum Gasteiger partial charge on any atom is 0.324 e. The van der Waals surface area contributed by atoms with Gasteiger partial charge in [0, 0.05) is 37.5 Å². The van der Waals surface area contributed by atoms with Gasteiger partial charge < -0.3 is 25.5 Å². The molecule has 0 spiro atoms. The lowest BCUT2D eigenvalue weighted by molar-refractivity contribution is 0.212. The summed E-state index contributed by atoms with van der Waals surface area (Å²) in [5.74, 6) is 1.37. The molecule has 9 heteroatoms. The van der Waals surface area contributed by atoms with Crippen LogP contribution in [0.5, 0.6) is 11.8 Å².